The van der Waals surface area contributed by atoms with Gasteiger partial charge in [-0.1, -0.05) is 0 Å². The van der Waals surface area contributed by atoms with E-state index in [2.05, 4.69) is 21.2 Å². The average Bonchev–Trinajstić information content (AvgIpc) is 3.18. The summed E-state index contributed by atoms with van der Waals surface area (Å²) < 4.78 is 5.40. The molecule has 4 saturated heterocycles. The lowest BCUT2D eigenvalue weighted by Crippen LogP contribution is -2.61. The number of benzene rings is 1. The molecule has 0 radical (unpaired) electrons. The van der Waals surface area contributed by atoms with Crippen molar-refractivity contribution in [3.63, 3.8) is 0 Å². The largest absolute Gasteiger partial charge is 0.381 e. The standard InChI is InChI=1S/C26H32N4O5/c31-22-4-3-21(23(32)27-22)30-14-18-13-19(1-2-20(18)25(30)34)29-15-26(16-29)7-9-28(10-8-26)24(33)17-5-11-35-12-6-17/h1-2,13,17,21H,3-12,14-16H2,(H,27,31,32). The lowest BCUT2D eigenvalue weighted by Gasteiger charge is -2.55. The molecule has 5 heterocycles. The molecule has 35 heavy (non-hydrogen) atoms. The van der Waals surface area contributed by atoms with Crippen molar-refractivity contribution in [3.05, 3.63) is 29.3 Å². The molecule has 186 valence electrons. The van der Waals surface area contributed by atoms with Crippen LogP contribution in [0.2, 0.25) is 0 Å². The lowest BCUT2D eigenvalue weighted by molar-refractivity contribution is -0.141. The van der Waals surface area contributed by atoms with E-state index in [9.17, 15) is 19.2 Å². The van der Waals surface area contributed by atoms with Crippen LogP contribution in [0.1, 0.15) is 54.4 Å². The molecule has 1 spiro atoms. The lowest BCUT2D eigenvalue weighted by atomic mass is 9.71. The molecule has 1 aromatic carbocycles. The molecule has 0 saturated carbocycles. The summed E-state index contributed by atoms with van der Waals surface area (Å²) in [6.07, 6.45) is 4.39. The predicted molar refractivity (Wildman–Crippen MR) is 126 cm³/mol. The van der Waals surface area contributed by atoms with Crippen molar-refractivity contribution in [2.24, 2.45) is 11.3 Å². The van der Waals surface area contributed by atoms with Crippen molar-refractivity contribution in [1.29, 1.82) is 0 Å². The molecule has 0 aromatic heterocycles. The minimum absolute atomic E-state index is 0.129. The highest BCUT2D eigenvalue weighted by Gasteiger charge is 2.46. The van der Waals surface area contributed by atoms with E-state index in [1.54, 1.807) is 4.90 Å². The number of imide groups is 1. The third-order valence-electron chi connectivity index (χ3n) is 8.63. The second-order valence-electron chi connectivity index (χ2n) is 10.8. The van der Waals surface area contributed by atoms with Crippen LogP contribution in [0.3, 0.4) is 0 Å². The molecule has 5 aliphatic heterocycles. The van der Waals surface area contributed by atoms with E-state index in [1.807, 2.05) is 12.1 Å². The molecule has 1 aromatic rings. The fourth-order valence-corrected chi connectivity index (χ4v) is 6.42. The number of amides is 4. The number of anilines is 1. The first-order valence-electron chi connectivity index (χ1n) is 12.8. The van der Waals surface area contributed by atoms with Crippen LogP contribution in [0, 0.1) is 11.3 Å². The van der Waals surface area contributed by atoms with Gasteiger partial charge in [-0.15, -0.1) is 0 Å². The molecule has 0 bridgehead atoms. The molecule has 4 fully saturated rings. The van der Waals surface area contributed by atoms with Crippen molar-refractivity contribution in [2.45, 2.75) is 51.1 Å². The molecule has 9 nitrogen and oxygen atoms in total. The molecular formula is C26H32N4O5. The van der Waals surface area contributed by atoms with Crippen molar-refractivity contribution in [2.75, 3.05) is 44.3 Å². The van der Waals surface area contributed by atoms with Gasteiger partial charge in [0.1, 0.15) is 6.04 Å². The summed E-state index contributed by atoms with van der Waals surface area (Å²) in [5, 5.41) is 2.35. The van der Waals surface area contributed by atoms with Crippen molar-refractivity contribution < 1.29 is 23.9 Å². The summed E-state index contributed by atoms with van der Waals surface area (Å²) in [6.45, 7) is 5.40. The maximum absolute atomic E-state index is 12.9. The van der Waals surface area contributed by atoms with Gasteiger partial charge in [0.2, 0.25) is 17.7 Å². The monoisotopic (exact) mass is 480 g/mol. The Kier molecular flexibility index (Phi) is 5.55. The van der Waals surface area contributed by atoms with E-state index in [0.717, 1.165) is 63.1 Å². The van der Waals surface area contributed by atoms with Gasteiger partial charge in [-0.2, -0.15) is 0 Å². The van der Waals surface area contributed by atoms with Crippen molar-refractivity contribution in [1.82, 2.24) is 15.1 Å². The minimum Gasteiger partial charge on any atom is -0.381 e. The highest BCUT2D eigenvalue weighted by atomic mass is 16.5. The van der Waals surface area contributed by atoms with Crippen LogP contribution in [0.5, 0.6) is 0 Å². The summed E-state index contributed by atoms with van der Waals surface area (Å²) in [5.74, 6) is -0.354. The van der Waals surface area contributed by atoms with Crippen LogP contribution in [0.25, 0.3) is 0 Å². The van der Waals surface area contributed by atoms with Crippen molar-refractivity contribution in [3.8, 4) is 0 Å². The average molecular weight is 481 g/mol. The Hall–Kier alpha value is -2.94. The van der Waals surface area contributed by atoms with E-state index in [4.69, 9.17) is 4.74 Å². The quantitative estimate of drug-likeness (QED) is 0.655. The number of carbonyl (C=O) groups excluding carboxylic acids is 4. The van der Waals surface area contributed by atoms with Gasteiger partial charge < -0.3 is 19.4 Å². The second-order valence-corrected chi connectivity index (χ2v) is 10.8. The first-order valence-corrected chi connectivity index (χ1v) is 12.8. The number of hydrogen-bond donors (Lipinski definition) is 1. The Morgan fingerprint density at radius 3 is 2.49 bits per heavy atom. The number of rotatable bonds is 3. The maximum atomic E-state index is 12.9. The predicted octanol–water partition coefficient (Wildman–Crippen LogP) is 1.30. The SMILES string of the molecule is O=C1CCC(N2Cc3cc(N4CC5(CCN(C(=O)C6CCOCC6)CC5)C4)ccc3C2=O)C(=O)N1. The van der Waals surface area contributed by atoms with E-state index >= 15 is 0 Å². The topological polar surface area (TPSA) is 99.3 Å². The zero-order valence-corrected chi connectivity index (χ0v) is 20.0. The molecule has 5 aliphatic rings. The molecule has 1 atom stereocenters. The third kappa shape index (κ3) is 3.99. The van der Waals surface area contributed by atoms with Crippen LogP contribution in [-0.2, 0) is 25.7 Å². The van der Waals surface area contributed by atoms with Crippen LogP contribution < -0.4 is 10.2 Å². The van der Waals surface area contributed by atoms with E-state index < -0.39 is 6.04 Å². The highest BCUT2D eigenvalue weighted by molar-refractivity contribution is 6.05. The van der Waals surface area contributed by atoms with Crippen LogP contribution >= 0.6 is 0 Å². The fraction of sp³-hybridized carbons (Fsp3) is 0.615. The van der Waals surface area contributed by atoms with Gasteiger partial charge >= 0.3 is 0 Å². The Balaban J connectivity index is 1.06. The molecule has 1 N–H and O–H groups in total. The molecule has 9 heteroatoms. The van der Waals surface area contributed by atoms with Gasteiger partial charge in [0.25, 0.3) is 5.91 Å². The van der Waals surface area contributed by atoms with Gasteiger partial charge in [-0.3, -0.25) is 24.5 Å². The first kappa shape index (κ1) is 22.5. The molecule has 6 rings (SSSR count). The number of fused-ring (bicyclic) bond motifs is 1. The first-order chi connectivity index (χ1) is 16.9. The zero-order chi connectivity index (χ0) is 24.2. The summed E-state index contributed by atoms with van der Waals surface area (Å²) in [7, 11) is 0. The Labute approximate surface area is 204 Å². The number of ether oxygens (including phenoxy) is 1. The Morgan fingerprint density at radius 2 is 1.77 bits per heavy atom. The molecule has 1 unspecified atom stereocenters. The zero-order valence-electron chi connectivity index (χ0n) is 20.0. The molecule has 4 amide bonds. The number of piperidine rings is 2. The van der Waals surface area contributed by atoms with Gasteiger partial charge in [-0.25, -0.2) is 0 Å². The summed E-state index contributed by atoms with van der Waals surface area (Å²) >= 11 is 0. The van der Waals surface area contributed by atoms with E-state index in [0.29, 0.717) is 37.6 Å². The molecular weight excluding hydrogens is 448 g/mol. The second kappa shape index (κ2) is 8.62. The number of carbonyl (C=O) groups is 4. The fourth-order valence-electron chi connectivity index (χ4n) is 6.42. The van der Waals surface area contributed by atoms with Crippen LogP contribution in [0.4, 0.5) is 5.69 Å². The highest BCUT2D eigenvalue weighted by Crippen LogP contribution is 2.44. The molecule has 0 aliphatic carbocycles. The van der Waals surface area contributed by atoms with Gasteiger partial charge in [0, 0.05) is 74.9 Å². The van der Waals surface area contributed by atoms with Gasteiger partial charge in [0.15, 0.2) is 0 Å². The van der Waals surface area contributed by atoms with E-state index in [1.165, 1.54) is 0 Å². The maximum Gasteiger partial charge on any atom is 0.255 e. The van der Waals surface area contributed by atoms with E-state index in [-0.39, 0.29) is 35.5 Å². The minimum atomic E-state index is -0.586. The number of nitrogens with one attached hydrogen (secondary N) is 1. The summed E-state index contributed by atoms with van der Waals surface area (Å²) in [5.41, 5.74) is 2.96. The van der Waals surface area contributed by atoms with Gasteiger partial charge in [0.05, 0.1) is 0 Å². The third-order valence-corrected chi connectivity index (χ3v) is 8.63. The van der Waals surface area contributed by atoms with Gasteiger partial charge in [-0.05, 0) is 55.9 Å². The summed E-state index contributed by atoms with van der Waals surface area (Å²) in [6, 6.07) is 5.37. The number of hydrogen-bond acceptors (Lipinski definition) is 6. The number of nitrogens with zero attached hydrogens (tertiary/aromatic N) is 3. The Bertz CT molecular complexity index is 1070. The van der Waals surface area contributed by atoms with Crippen molar-refractivity contribution >= 4 is 29.3 Å². The number of likely N-dealkylation sites (tertiary alicyclic amines) is 1. The summed E-state index contributed by atoms with van der Waals surface area (Å²) in [4.78, 5) is 55.6. The van der Waals surface area contributed by atoms with Crippen LogP contribution in [-0.4, -0.2) is 78.9 Å². The smallest absolute Gasteiger partial charge is 0.255 e. The normalized spacial score (nSPS) is 26.6. The van der Waals surface area contributed by atoms with Crippen LogP contribution in [0.15, 0.2) is 18.2 Å². The Morgan fingerprint density at radius 1 is 1.03 bits per heavy atom.